The van der Waals surface area contributed by atoms with Gasteiger partial charge in [0.2, 0.25) is 0 Å². The Morgan fingerprint density at radius 1 is 1.35 bits per heavy atom. The molecule has 0 radical (unpaired) electrons. The van der Waals surface area contributed by atoms with E-state index in [4.69, 9.17) is 5.73 Å². The lowest BCUT2D eigenvalue weighted by atomic mass is 10.0. The minimum absolute atomic E-state index is 0.123. The molecule has 1 aliphatic carbocycles. The summed E-state index contributed by atoms with van der Waals surface area (Å²) in [5, 5.41) is 0. The van der Waals surface area contributed by atoms with Gasteiger partial charge in [-0.2, -0.15) is 0 Å². The Kier molecular flexibility index (Phi) is 3.28. The maximum Gasteiger partial charge on any atom is 0.340 e. The monoisotopic (exact) mass is 278 g/mol. The van der Waals surface area contributed by atoms with Crippen LogP contribution in [0.2, 0.25) is 0 Å². The second-order valence-electron chi connectivity index (χ2n) is 5.74. The summed E-state index contributed by atoms with van der Waals surface area (Å²) in [6.07, 6.45) is 3.73. The van der Waals surface area contributed by atoms with E-state index in [1.165, 1.54) is 38.5 Å². The number of esters is 1. The number of halogens is 1. The molecule has 2 atom stereocenters. The molecule has 1 aliphatic heterocycles. The molecule has 1 heterocycles. The van der Waals surface area contributed by atoms with Crippen LogP contribution < -0.4 is 10.6 Å². The summed E-state index contributed by atoms with van der Waals surface area (Å²) in [7, 11) is 1.30. The molecule has 2 fully saturated rings. The lowest BCUT2D eigenvalue weighted by molar-refractivity contribution is 0.0602. The first kappa shape index (κ1) is 13.2. The third kappa shape index (κ3) is 2.11. The third-order valence-corrected chi connectivity index (χ3v) is 4.59. The number of methoxy groups -OCH3 is 1. The van der Waals surface area contributed by atoms with Crippen molar-refractivity contribution in [2.45, 2.75) is 19.3 Å². The van der Waals surface area contributed by atoms with E-state index < -0.39 is 5.97 Å². The zero-order chi connectivity index (χ0) is 14.3. The van der Waals surface area contributed by atoms with E-state index in [-0.39, 0.29) is 17.1 Å². The molecule has 0 spiro atoms. The van der Waals surface area contributed by atoms with Crippen LogP contribution in [0.4, 0.5) is 15.8 Å². The minimum atomic E-state index is -0.525. The van der Waals surface area contributed by atoms with Crippen LogP contribution in [0, 0.1) is 17.7 Å². The first-order valence-electron chi connectivity index (χ1n) is 7.02. The molecule has 108 valence electrons. The molecule has 1 aromatic carbocycles. The number of rotatable bonds is 2. The van der Waals surface area contributed by atoms with Crippen molar-refractivity contribution in [3.8, 4) is 0 Å². The molecule has 2 N–H and O–H groups in total. The van der Waals surface area contributed by atoms with Crippen molar-refractivity contribution in [1.82, 2.24) is 0 Å². The number of anilines is 2. The van der Waals surface area contributed by atoms with E-state index in [1.54, 1.807) is 0 Å². The lowest BCUT2D eigenvalue weighted by Crippen LogP contribution is -2.22. The van der Waals surface area contributed by atoms with Crippen LogP contribution in [0.15, 0.2) is 12.1 Å². The molecule has 0 aromatic heterocycles. The zero-order valence-electron chi connectivity index (χ0n) is 11.6. The molecule has 5 heteroatoms. The molecule has 0 amide bonds. The van der Waals surface area contributed by atoms with Gasteiger partial charge >= 0.3 is 5.97 Å². The van der Waals surface area contributed by atoms with E-state index in [9.17, 15) is 9.18 Å². The van der Waals surface area contributed by atoms with Crippen LogP contribution in [0.25, 0.3) is 0 Å². The topological polar surface area (TPSA) is 55.6 Å². The van der Waals surface area contributed by atoms with Crippen molar-refractivity contribution in [2.24, 2.45) is 11.8 Å². The van der Waals surface area contributed by atoms with Gasteiger partial charge in [-0.3, -0.25) is 0 Å². The van der Waals surface area contributed by atoms with Crippen molar-refractivity contribution in [1.29, 1.82) is 0 Å². The molecule has 20 heavy (non-hydrogen) atoms. The van der Waals surface area contributed by atoms with E-state index in [2.05, 4.69) is 4.74 Å². The number of fused-ring (bicyclic) bond motifs is 1. The van der Waals surface area contributed by atoms with Gasteiger partial charge in [-0.05, 0) is 36.8 Å². The van der Waals surface area contributed by atoms with Crippen LogP contribution in [0.3, 0.4) is 0 Å². The standard InChI is InChI=1S/C15H19FN2O2/c1-20-15(19)11-5-14(12(16)6-13(11)17)18-7-9-3-2-4-10(9)8-18/h5-6,9-10H,2-4,7-8,17H2,1H3. The van der Waals surface area contributed by atoms with E-state index in [0.29, 0.717) is 17.5 Å². The number of ether oxygens (including phenoxy) is 1. The maximum absolute atomic E-state index is 14.2. The Morgan fingerprint density at radius 2 is 2.00 bits per heavy atom. The third-order valence-electron chi connectivity index (χ3n) is 4.59. The average Bonchev–Trinajstić information content (AvgIpc) is 2.99. The highest BCUT2D eigenvalue weighted by atomic mass is 19.1. The molecule has 1 aromatic rings. The van der Waals surface area contributed by atoms with Gasteiger partial charge in [-0.15, -0.1) is 0 Å². The number of nitrogens with two attached hydrogens (primary N) is 1. The first-order chi connectivity index (χ1) is 9.60. The number of hydrogen-bond donors (Lipinski definition) is 1. The molecular formula is C15H19FN2O2. The smallest absolute Gasteiger partial charge is 0.340 e. The summed E-state index contributed by atoms with van der Waals surface area (Å²) >= 11 is 0. The number of nitrogens with zero attached hydrogens (tertiary/aromatic N) is 1. The number of carbonyl (C=O) groups is 1. The van der Waals surface area contributed by atoms with Crippen LogP contribution in [-0.4, -0.2) is 26.2 Å². The van der Waals surface area contributed by atoms with Crippen LogP contribution in [-0.2, 0) is 4.74 Å². The Hall–Kier alpha value is -1.78. The van der Waals surface area contributed by atoms with Crippen LogP contribution in [0.1, 0.15) is 29.6 Å². The number of benzene rings is 1. The van der Waals surface area contributed by atoms with Crippen molar-refractivity contribution >= 4 is 17.3 Å². The fourth-order valence-electron chi connectivity index (χ4n) is 3.54. The van der Waals surface area contributed by atoms with Crippen LogP contribution >= 0.6 is 0 Å². The number of hydrogen-bond acceptors (Lipinski definition) is 4. The summed E-state index contributed by atoms with van der Waals surface area (Å²) in [5.74, 6) is 0.431. The minimum Gasteiger partial charge on any atom is -0.465 e. The van der Waals surface area contributed by atoms with Crippen molar-refractivity contribution < 1.29 is 13.9 Å². The molecular weight excluding hydrogens is 259 g/mol. The maximum atomic E-state index is 14.2. The van der Waals surface area contributed by atoms with E-state index in [1.807, 2.05) is 4.90 Å². The normalized spacial score (nSPS) is 24.8. The summed E-state index contributed by atoms with van der Waals surface area (Å²) in [6, 6.07) is 2.74. The van der Waals surface area contributed by atoms with Crippen molar-refractivity contribution in [3.63, 3.8) is 0 Å². The number of nitrogen functional groups attached to an aromatic ring is 1. The Bertz CT molecular complexity index is 535. The largest absolute Gasteiger partial charge is 0.465 e. The second-order valence-corrected chi connectivity index (χ2v) is 5.74. The van der Waals surface area contributed by atoms with Gasteiger partial charge in [0, 0.05) is 18.8 Å². The summed E-state index contributed by atoms with van der Waals surface area (Å²) < 4.78 is 18.8. The Labute approximate surface area is 117 Å². The molecule has 2 unspecified atom stereocenters. The predicted octanol–water partition coefficient (Wildman–Crippen LogP) is 2.43. The molecule has 0 bridgehead atoms. The predicted molar refractivity (Wildman–Crippen MR) is 75.2 cm³/mol. The SMILES string of the molecule is COC(=O)c1cc(N2CC3CCCC3C2)c(F)cc1N. The average molecular weight is 278 g/mol. The quantitative estimate of drug-likeness (QED) is 0.667. The van der Waals surface area contributed by atoms with Gasteiger partial charge in [0.15, 0.2) is 0 Å². The van der Waals surface area contributed by atoms with Gasteiger partial charge in [0.05, 0.1) is 18.4 Å². The summed E-state index contributed by atoms with van der Waals surface area (Å²) in [6.45, 7) is 1.73. The second kappa shape index (κ2) is 4.96. The molecule has 2 aliphatic rings. The van der Waals surface area contributed by atoms with Gasteiger partial charge in [-0.1, -0.05) is 6.42 Å². The Morgan fingerprint density at radius 3 is 2.60 bits per heavy atom. The fourth-order valence-corrected chi connectivity index (χ4v) is 3.54. The van der Waals surface area contributed by atoms with E-state index in [0.717, 1.165) is 13.1 Å². The van der Waals surface area contributed by atoms with E-state index >= 15 is 0 Å². The highest BCUT2D eigenvalue weighted by Gasteiger charge is 2.37. The lowest BCUT2D eigenvalue weighted by Gasteiger charge is -2.21. The zero-order valence-corrected chi connectivity index (χ0v) is 11.6. The molecule has 1 saturated carbocycles. The summed E-state index contributed by atoms with van der Waals surface area (Å²) in [4.78, 5) is 13.7. The van der Waals surface area contributed by atoms with Gasteiger partial charge < -0.3 is 15.4 Å². The van der Waals surface area contributed by atoms with Gasteiger partial charge in [0.1, 0.15) is 5.82 Å². The van der Waals surface area contributed by atoms with Gasteiger partial charge in [-0.25, -0.2) is 9.18 Å². The number of carbonyl (C=O) groups excluding carboxylic acids is 1. The van der Waals surface area contributed by atoms with Crippen LogP contribution in [0.5, 0.6) is 0 Å². The fraction of sp³-hybridized carbons (Fsp3) is 0.533. The highest BCUT2D eigenvalue weighted by molar-refractivity contribution is 5.96. The van der Waals surface area contributed by atoms with Gasteiger partial charge in [0.25, 0.3) is 0 Å². The summed E-state index contributed by atoms with van der Waals surface area (Å²) in [5.41, 5.74) is 6.52. The first-order valence-corrected chi connectivity index (χ1v) is 7.02. The molecule has 4 nitrogen and oxygen atoms in total. The highest BCUT2D eigenvalue weighted by Crippen LogP contribution is 2.40. The Balaban J connectivity index is 1.91. The van der Waals surface area contributed by atoms with Crippen molar-refractivity contribution in [3.05, 3.63) is 23.5 Å². The van der Waals surface area contributed by atoms with Crippen molar-refractivity contribution in [2.75, 3.05) is 30.8 Å². The molecule has 3 rings (SSSR count). The molecule has 1 saturated heterocycles.